The largest absolute Gasteiger partial charge is 0.462 e. The van der Waals surface area contributed by atoms with Crippen molar-refractivity contribution in [3.05, 3.63) is 76.6 Å². The highest BCUT2D eigenvalue weighted by molar-refractivity contribution is 6.30. The van der Waals surface area contributed by atoms with E-state index in [-0.39, 0.29) is 0 Å². The van der Waals surface area contributed by atoms with Crippen molar-refractivity contribution in [2.24, 2.45) is 0 Å². The van der Waals surface area contributed by atoms with Gasteiger partial charge in [0.2, 0.25) is 0 Å². The van der Waals surface area contributed by atoms with Crippen LogP contribution in [0, 0.1) is 13.8 Å². The molecule has 4 rings (SSSR count). The maximum atomic E-state index is 12.6. The summed E-state index contributed by atoms with van der Waals surface area (Å²) < 4.78 is 7.00. The summed E-state index contributed by atoms with van der Waals surface area (Å²) in [5.41, 5.74) is 6.41. The molecule has 0 spiro atoms. The molecule has 0 aliphatic carbocycles. The van der Waals surface area contributed by atoms with Crippen LogP contribution in [-0.4, -0.2) is 27.2 Å². The van der Waals surface area contributed by atoms with Crippen LogP contribution in [0.5, 0.6) is 0 Å². The number of rotatable bonds is 4. The smallest absolute Gasteiger partial charge is 0.341 e. The van der Waals surface area contributed by atoms with E-state index in [9.17, 15) is 4.79 Å². The van der Waals surface area contributed by atoms with Crippen molar-refractivity contribution in [1.29, 1.82) is 0 Å². The first kappa shape index (κ1) is 19.2. The van der Waals surface area contributed by atoms with E-state index in [1.54, 1.807) is 17.6 Å². The van der Waals surface area contributed by atoms with Crippen molar-refractivity contribution < 1.29 is 9.53 Å². The Labute approximate surface area is 173 Å². The van der Waals surface area contributed by atoms with E-state index >= 15 is 0 Å². The quantitative estimate of drug-likeness (QED) is 0.420. The van der Waals surface area contributed by atoms with Gasteiger partial charge in [0.1, 0.15) is 5.56 Å². The molecular weight excluding hydrogens is 386 g/mol. The van der Waals surface area contributed by atoms with Gasteiger partial charge in [-0.3, -0.25) is 0 Å². The zero-order valence-corrected chi connectivity index (χ0v) is 17.2. The number of carbonyl (C=O) groups is 1. The summed E-state index contributed by atoms with van der Waals surface area (Å²) in [6, 6.07) is 15.5. The average molecular weight is 406 g/mol. The zero-order chi connectivity index (χ0) is 20.5. The predicted octanol–water partition coefficient (Wildman–Crippen LogP) is 5.51. The van der Waals surface area contributed by atoms with Gasteiger partial charge in [0, 0.05) is 22.3 Å². The molecule has 0 N–H and O–H groups in total. The van der Waals surface area contributed by atoms with Gasteiger partial charge < -0.3 is 4.74 Å². The Hall–Kier alpha value is -3.18. The molecule has 0 saturated carbocycles. The minimum Gasteiger partial charge on any atom is -0.462 e. The molecule has 0 saturated heterocycles. The Morgan fingerprint density at radius 1 is 1.03 bits per heavy atom. The topological polar surface area (TPSA) is 56.5 Å². The van der Waals surface area contributed by atoms with Crippen molar-refractivity contribution in [3.8, 4) is 22.4 Å². The Balaban J connectivity index is 2.01. The molecule has 2 aromatic carbocycles. The highest BCUT2D eigenvalue weighted by Gasteiger charge is 2.22. The molecule has 0 unspecified atom stereocenters. The van der Waals surface area contributed by atoms with E-state index in [2.05, 4.69) is 4.98 Å². The summed E-state index contributed by atoms with van der Waals surface area (Å²) in [6.07, 6.45) is 1.57. The third kappa shape index (κ3) is 3.49. The molecule has 0 atom stereocenters. The zero-order valence-electron chi connectivity index (χ0n) is 16.4. The van der Waals surface area contributed by atoms with Gasteiger partial charge in [-0.15, -0.1) is 0 Å². The molecule has 4 aromatic rings. The number of hydrogen-bond donors (Lipinski definition) is 0. The highest BCUT2D eigenvalue weighted by Crippen LogP contribution is 2.32. The Morgan fingerprint density at radius 3 is 2.34 bits per heavy atom. The first-order chi connectivity index (χ1) is 14.0. The van der Waals surface area contributed by atoms with Gasteiger partial charge in [-0.25, -0.2) is 14.3 Å². The van der Waals surface area contributed by atoms with E-state index in [1.165, 1.54) is 0 Å². The van der Waals surface area contributed by atoms with Gasteiger partial charge in [0.15, 0.2) is 5.65 Å². The van der Waals surface area contributed by atoms with Gasteiger partial charge >= 0.3 is 5.97 Å². The number of benzene rings is 2. The number of fused-ring (bicyclic) bond motifs is 1. The van der Waals surface area contributed by atoms with Crippen molar-refractivity contribution in [1.82, 2.24) is 14.6 Å². The SMILES string of the molecule is CCOC(=O)c1cnc2c(-c3ccc(Cl)cc3)c(C)nn2c1-c1ccc(C)cc1. The van der Waals surface area contributed by atoms with Crippen molar-refractivity contribution >= 4 is 23.2 Å². The fourth-order valence-electron chi connectivity index (χ4n) is 3.39. The summed E-state index contributed by atoms with van der Waals surface area (Å²) in [7, 11) is 0. The highest BCUT2D eigenvalue weighted by atomic mass is 35.5. The second-order valence-electron chi connectivity index (χ2n) is 6.81. The van der Waals surface area contributed by atoms with Crippen LogP contribution in [0.1, 0.15) is 28.5 Å². The molecule has 0 aliphatic rings. The van der Waals surface area contributed by atoms with E-state index in [0.29, 0.717) is 28.5 Å². The number of aromatic nitrogens is 3. The molecule has 5 nitrogen and oxygen atoms in total. The van der Waals surface area contributed by atoms with Gasteiger partial charge in [-0.1, -0.05) is 53.6 Å². The maximum Gasteiger partial charge on any atom is 0.341 e. The number of aryl methyl sites for hydroxylation is 2. The van der Waals surface area contributed by atoms with Crippen LogP contribution >= 0.6 is 11.6 Å². The predicted molar refractivity (Wildman–Crippen MR) is 114 cm³/mol. The molecule has 2 heterocycles. The summed E-state index contributed by atoms with van der Waals surface area (Å²) in [6.45, 7) is 6.03. The first-order valence-corrected chi connectivity index (χ1v) is 9.76. The Kier molecular flexibility index (Phi) is 5.07. The minimum atomic E-state index is -0.418. The lowest BCUT2D eigenvalue weighted by Crippen LogP contribution is -2.11. The van der Waals surface area contributed by atoms with E-state index in [1.807, 2.05) is 62.4 Å². The van der Waals surface area contributed by atoms with Crippen LogP contribution in [0.15, 0.2) is 54.7 Å². The van der Waals surface area contributed by atoms with Crippen LogP contribution in [0.3, 0.4) is 0 Å². The lowest BCUT2D eigenvalue weighted by molar-refractivity contribution is 0.0526. The second-order valence-corrected chi connectivity index (χ2v) is 7.25. The number of carbonyl (C=O) groups excluding carboxylic acids is 1. The summed E-state index contributed by atoms with van der Waals surface area (Å²) in [5.74, 6) is -0.418. The number of halogens is 1. The molecule has 29 heavy (non-hydrogen) atoms. The van der Waals surface area contributed by atoms with Crippen molar-refractivity contribution in [3.63, 3.8) is 0 Å². The molecule has 0 bridgehead atoms. The number of ether oxygens (including phenoxy) is 1. The molecule has 0 fully saturated rings. The normalized spacial score (nSPS) is 11.0. The maximum absolute atomic E-state index is 12.6. The Bertz CT molecular complexity index is 1200. The second kappa shape index (κ2) is 7.68. The summed E-state index contributed by atoms with van der Waals surface area (Å²) >= 11 is 6.05. The summed E-state index contributed by atoms with van der Waals surface area (Å²) in [4.78, 5) is 17.2. The van der Waals surface area contributed by atoms with E-state index in [4.69, 9.17) is 21.4 Å². The fourth-order valence-corrected chi connectivity index (χ4v) is 3.52. The van der Waals surface area contributed by atoms with Gasteiger partial charge in [0.05, 0.1) is 18.0 Å². The average Bonchev–Trinajstić information content (AvgIpc) is 3.05. The first-order valence-electron chi connectivity index (χ1n) is 9.38. The molecular formula is C23H20ClN3O2. The Morgan fingerprint density at radius 2 is 1.69 bits per heavy atom. The van der Waals surface area contributed by atoms with E-state index < -0.39 is 5.97 Å². The molecule has 0 radical (unpaired) electrons. The van der Waals surface area contributed by atoms with Gasteiger partial charge in [-0.2, -0.15) is 5.10 Å². The number of nitrogens with zero attached hydrogens (tertiary/aromatic N) is 3. The van der Waals surface area contributed by atoms with Gasteiger partial charge in [-0.05, 0) is 38.5 Å². The van der Waals surface area contributed by atoms with Crippen LogP contribution in [0.4, 0.5) is 0 Å². The number of esters is 1. The lowest BCUT2D eigenvalue weighted by Gasteiger charge is -2.11. The van der Waals surface area contributed by atoms with Crippen LogP contribution in [0.2, 0.25) is 5.02 Å². The molecule has 6 heteroatoms. The van der Waals surface area contributed by atoms with Crippen molar-refractivity contribution in [2.75, 3.05) is 6.61 Å². The number of hydrogen-bond acceptors (Lipinski definition) is 4. The van der Waals surface area contributed by atoms with Crippen LogP contribution in [0.25, 0.3) is 28.0 Å². The molecule has 146 valence electrons. The fraction of sp³-hybridized carbons (Fsp3) is 0.174. The van der Waals surface area contributed by atoms with Crippen molar-refractivity contribution in [2.45, 2.75) is 20.8 Å². The lowest BCUT2D eigenvalue weighted by atomic mass is 10.0. The van der Waals surface area contributed by atoms with Crippen LogP contribution in [-0.2, 0) is 4.74 Å². The van der Waals surface area contributed by atoms with E-state index in [0.717, 1.165) is 27.9 Å². The van der Waals surface area contributed by atoms with Gasteiger partial charge in [0.25, 0.3) is 0 Å². The van der Waals surface area contributed by atoms with Crippen LogP contribution < -0.4 is 0 Å². The standard InChI is InChI=1S/C23H20ClN3O2/c1-4-29-23(28)19-13-25-22-20(16-9-11-18(24)12-10-16)15(3)26-27(22)21(19)17-7-5-14(2)6-8-17/h5-13H,4H2,1-3H3. The minimum absolute atomic E-state index is 0.290. The monoisotopic (exact) mass is 405 g/mol. The summed E-state index contributed by atoms with van der Waals surface area (Å²) in [5, 5.41) is 5.39. The molecule has 0 aliphatic heterocycles. The molecule has 0 amide bonds. The molecule has 2 aromatic heterocycles. The third-order valence-corrected chi connectivity index (χ3v) is 5.02. The third-order valence-electron chi connectivity index (χ3n) is 4.77.